The molecule has 5 N–H and O–H groups in total. The van der Waals surface area contributed by atoms with Crippen LogP contribution in [0.4, 0.5) is 11.4 Å². The highest BCUT2D eigenvalue weighted by atomic mass is 32.2. The number of thioether (sulfide) groups is 1. The number of nitrogen functional groups attached to an aromatic ring is 1. The Morgan fingerprint density at radius 3 is 2.50 bits per heavy atom. The molecule has 0 atom stereocenters. The first-order chi connectivity index (χ1) is 9.45. The Labute approximate surface area is 125 Å². The predicted octanol–water partition coefficient (Wildman–Crippen LogP) is 2.25. The summed E-state index contributed by atoms with van der Waals surface area (Å²) < 4.78 is 22.4. The summed E-state index contributed by atoms with van der Waals surface area (Å²) >= 11 is 1.88. The van der Waals surface area contributed by atoms with Crippen molar-refractivity contribution in [2.24, 2.45) is 5.14 Å². The average Bonchev–Trinajstić information content (AvgIpc) is 2.38. The van der Waals surface area contributed by atoms with Gasteiger partial charge in [0.1, 0.15) is 0 Å². The molecule has 7 heteroatoms. The van der Waals surface area contributed by atoms with Gasteiger partial charge in [-0.2, -0.15) is 11.8 Å². The number of primary sulfonamides is 1. The molecule has 0 saturated heterocycles. The Morgan fingerprint density at radius 1 is 1.20 bits per heavy atom. The van der Waals surface area contributed by atoms with E-state index in [9.17, 15) is 8.42 Å². The maximum Gasteiger partial charge on any atom is 0.238 e. The molecular formula is C13H23N3O2S2. The number of unbranched alkanes of at least 4 members (excludes halogenated alkanes) is 3. The van der Waals surface area contributed by atoms with Gasteiger partial charge in [-0.1, -0.05) is 12.8 Å². The number of sulfonamides is 1. The highest BCUT2D eigenvalue weighted by molar-refractivity contribution is 7.98. The van der Waals surface area contributed by atoms with Gasteiger partial charge in [0.2, 0.25) is 10.0 Å². The van der Waals surface area contributed by atoms with Crippen molar-refractivity contribution in [1.82, 2.24) is 0 Å². The monoisotopic (exact) mass is 317 g/mol. The molecule has 0 aliphatic carbocycles. The van der Waals surface area contributed by atoms with Gasteiger partial charge < -0.3 is 11.1 Å². The van der Waals surface area contributed by atoms with Crippen molar-refractivity contribution in [3.8, 4) is 0 Å². The summed E-state index contributed by atoms with van der Waals surface area (Å²) in [5, 5.41) is 8.27. The smallest absolute Gasteiger partial charge is 0.238 e. The molecule has 0 aliphatic rings. The molecule has 0 saturated carbocycles. The average molecular weight is 317 g/mol. The third-order valence-electron chi connectivity index (χ3n) is 2.94. The normalized spacial score (nSPS) is 11.5. The Kier molecular flexibility index (Phi) is 7.18. The van der Waals surface area contributed by atoms with Crippen LogP contribution >= 0.6 is 11.8 Å². The van der Waals surface area contributed by atoms with Crippen LogP contribution < -0.4 is 16.2 Å². The zero-order chi connectivity index (χ0) is 15.0. The second-order valence-corrected chi connectivity index (χ2v) is 7.17. The van der Waals surface area contributed by atoms with Gasteiger partial charge in [-0.3, -0.25) is 0 Å². The van der Waals surface area contributed by atoms with E-state index in [2.05, 4.69) is 11.6 Å². The molecule has 0 aliphatic heterocycles. The van der Waals surface area contributed by atoms with Crippen LogP contribution in [0.3, 0.4) is 0 Å². The number of nitrogens with one attached hydrogen (secondary N) is 1. The number of hydrogen-bond donors (Lipinski definition) is 3. The van der Waals surface area contributed by atoms with E-state index < -0.39 is 10.0 Å². The Morgan fingerprint density at radius 2 is 1.90 bits per heavy atom. The zero-order valence-electron chi connectivity index (χ0n) is 11.8. The summed E-state index contributed by atoms with van der Waals surface area (Å²) in [6, 6.07) is 4.51. The van der Waals surface area contributed by atoms with Crippen molar-refractivity contribution in [3.05, 3.63) is 18.2 Å². The lowest BCUT2D eigenvalue weighted by Gasteiger charge is -2.10. The molecule has 114 valence electrons. The second kappa shape index (κ2) is 8.39. The van der Waals surface area contributed by atoms with Gasteiger partial charge in [0, 0.05) is 6.54 Å². The lowest BCUT2D eigenvalue weighted by Crippen LogP contribution is -2.13. The van der Waals surface area contributed by atoms with Crippen LogP contribution in [-0.2, 0) is 10.0 Å². The lowest BCUT2D eigenvalue weighted by atomic mass is 10.2. The molecule has 1 aromatic rings. The van der Waals surface area contributed by atoms with Crippen LogP contribution in [0.15, 0.2) is 23.1 Å². The molecule has 5 nitrogen and oxygen atoms in total. The maximum absolute atomic E-state index is 11.2. The molecule has 0 spiro atoms. The van der Waals surface area contributed by atoms with Crippen LogP contribution in [0, 0.1) is 0 Å². The molecule has 0 unspecified atom stereocenters. The predicted molar refractivity (Wildman–Crippen MR) is 87.6 cm³/mol. The topological polar surface area (TPSA) is 98.2 Å². The van der Waals surface area contributed by atoms with Gasteiger partial charge in [0.25, 0.3) is 0 Å². The highest BCUT2D eigenvalue weighted by Gasteiger charge is 2.09. The molecule has 1 aromatic carbocycles. The van der Waals surface area contributed by atoms with E-state index in [1.54, 1.807) is 6.07 Å². The van der Waals surface area contributed by atoms with Crippen LogP contribution in [0.1, 0.15) is 25.7 Å². The van der Waals surface area contributed by atoms with E-state index in [1.807, 2.05) is 11.8 Å². The number of benzene rings is 1. The zero-order valence-corrected chi connectivity index (χ0v) is 13.4. The summed E-state index contributed by atoms with van der Waals surface area (Å²) in [5.74, 6) is 1.22. The molecule has 0 fully saturated rings. The van der Waals surface area contributed by atoms with Gasteiger partial charge >= 0.3 is 0 Å². The lowest BCUT2D eigenvalue weighted by molar-refractivity contribution is 0.598. The molecular weight excluding hydrogens is 294 g/mol. The van der Waals surface area contributed by atoms with Crippen LogP contribution in [0.5, 0.6) is 0 Å². The van der Waals surface area contributed by atoms with Gasteiger partial charge in [0.15, 0.2) is 0 Å². The summed E-state index contributed by atoms with van der Waals surface area (Å²) in [7, 11) is -3.69. The fourth-order valence-electron chi connectivity index (χ4n) is 1.83. The summed E-state index contributed by atoms with van der Waals surface area (Å²) in [5.41, 5.74) is 6.97. The van der Waals surface area contributed by atoms with E-state index in [4.69, 9.17) is 10.9 Å². The van der Waals surface area contributed by atoms with Gasteiger partial charge in [-0.15, -0.1) is 0 Å². The van der Waals surface area contributed by atoms with Crippen LogP contribution in [0.25, 0.3) is 0 Å². The number of hydrogen-bond acceptors (Lipinski definition) is 5. The first-order valence-electron chi connectivity index (χ1n) is 6.60. The van der Waals surface area contributed by atoms with Crippen molar-refractivity contribution >= 4 is 33.2 Å². The minimum atomic E-state index is -3.69. The first-order valence-corrected chi connectivity index (χ1v) is 9.54. The van der Waals surface area contributed by atoms with Crippen molar-refractivity contribution in [1.29, 1.82) is 0 Å². The molecule has 0 amide bonds. The van der Waals surface area contributed by atoms with Crippen molar-refractivity contribution in [2.75, 3.05) is 29.6 Å². The standard InChI is InChI=1S/C13H23N3O2S2/c1-19-9-5-3-2-4-8-16-13-7-6-11(10-12(13)14)20(15,17)18/h6-7,10,16H,2-5,8-9,14H2,1H3,(H2,15,17,18). The van der Waals surface area contributed by atoms with Gasteiger partial charge in [0.05, 0.1) is 16.3 Å². The quantitative estimate of drug-likeness (QED) is 0.479. The van der Waals surface area contributed by atoms with Crippen molar-refractivity contribution < 1.29 is 8.42 Å². The maximum atomic E-state index is 11.2. The van der Waals surface area contributed by atoms with Gasteiger partial charge in [-0.05, 0) is 43.0 Å². The minimum Gasteiger partial charge on any atom is -0.397 e. The summed E-state index contributed by atoms with van der Waals surface area (Å²) in [4.78, 5) is 0.0395. The number of anilines is 2. The van der Waals surface area contributed by atoms with E-state index in [0.29, 0.717) is 5.69 Å². The second-order valence-electron chi connectivity index (χ2n) is 4.63. The minimum absolute atomic E-state index is 0.0395. The Bertz CT molecular complexity index is 518. The van der Waals surface area contributed by atoms with E-state index in [0.717, 1.165) is 18.7 Å². The number of rotatable bonds is 9. The first kappa shape index (κ1) is 17.1. The molecule has 0 bridgehead atoms. The van der Waals surface area contributed by atoms with Crippen LogP contribution in [-0.4, -0.2) is 27.0 Å². The largest absolute Gasteiger partial charge is 0.397 e. The summed E-state index contributed by atoms with van der Waals surface area (Å²) in [6.45, 7) is 0.832. The fourth-order valence-corrected chi connectivity index (χ4v) is 2.87. The number of nitrogens with two attached hydrogens (primary N) is 2. The summed E-state index contributed by atoms with van der Waals surface area (Å²) in [6.07, 6.45) is 6.87. The highest BCUT2D eigenvalue weighted by Crippen LogP contribution is 2.22. The van der Waals surface area contributed by atoms with Crippen LogP contribution in [0.2, 0.25) is 0 Å². The van der Waals surface area contributed by atoms with E-state index >= 15 is 0 Å². The Hall–Kier alpha value is -0.920. The van der Waals surface area contributed by atoms with Crippen molar-refractivity contribution in [3.63, 3.8) is 0 Å². The molecule has 0 aromatic heterocycles. The van der Waals surface area contributed by atoms with E-state index in [1.165, 1.54) is 37.1 Å². The third kappa shape index (κ3) is 6.02. The van der Waals surface area contributed by atoms with Crippen molar-refractivity contribution in [2.45, 2.75) is 30.6 Å². The molecule has 1 rings (SSSR count). The molecule has 0 radical (unpaired) electrons. The fraction of sp³-hybridized carbons (Fsp3) is 0.538. The Balaban J connectivity index is 2.38. The van der Waals surface area contributed by atoms with Gasteiger partial charge in [-0.25, -0.2) is 13.6 Å². The van der Waals surface area contributed by atoms with E-state index in [-0.39, 0.29) is 4.90 Å². The SMILES string of the molecule is CSCCCCCCNc1ccc(S(N)(=O)=O)cc1N. The third-order valence-corrected chi connectivity index (χ3v) is 4.55. The molecule has 0 heterocycles. The molecule has 20 heavy (non-hydrogen) atoms.